The van der Waals surface area contributed by atoms with E-state index in [9.17, 15) is 14.7 Å². The Kier molecular flexibility index (Phi) is 7.25. The third-order valence-corrected chi connectivity index (χ3v) is 3.80. The molecule has 5 nitrogen and oxygen atoms in total. The van der Waals surface area contributed by atoms with E-state index in [0.717, 1.165) is 11.3 Å². The molecule has 0 saturated carbocycles. The summed E-state index contributed by atoms with van der Waals surface area (Å²) < 4.78 is 0. The minimum Gasteiger partial charge on any atom is -0.391 e. The van der Waals surface area contributed by atoms with Gasteiger partial charge in [0.1, 0.15) is 0 Å². The van der Waals surface area contributed by atoms with E-state index in [-0.39, 0.29) is 30.8 Å². The van der Waals surface area contributed by atoms with Gasteiger partial charge in [-0.2, -0.15) is 0 Å². The minimum atomic E-state index is -0.509. The van der Waals surface area contributed by atoms with Crippen LogP contribution in [0.3, 0.4) is 0 Å². The molecule has 0 aliphatic heterocycles. The number of hydrogen-bond acceptors (Lipinski definition) is 4. The Morgan fingerprint density at radius 3 is 2.75 bits per heavy atom. The van der Waals surface area contributed by atoms with Gasteiger partial charge in [0.15, 0.2) is 0 Å². The first-order chi connectivity index (χ1) is 9.52. The third-order valence-electron chi connectivity index (χ3n) is 2.81. The van der Waals surface area contributed by atoms with Crippen LogP contribution in [-0.2, 0) is 9.59 Å². The number of carbonyl (C=O) groups excluding carboxylic acids is 2. The second-order valence-corrected chi connectivity index (χ2v) is 5.70. The fourth-order valence-electron chi connectivity index (χ4n) is 1.88. The summed E-state index contributed by atoms with van der Waals surface area (Å²) in [6.45, 7) is 3.67. The normalized spacial score (nSPS) is 13.6. The molecule has 112 valence electrons. The first kappa shape index (κ1) is 16.7. The van der Waals surface area contributed by atoms with Gasteiger partial charge in [0.2, 0.25) is 11.8 Å². The van der Waals surface area contributed by atoms with E-state index in [4.69, 9.17) is 0 Å². The van der Waals surface area contributed by atoms with Gasteiger partial charge < -0.3 is 15.7 Å². The molecule has 0 spiro atoms. The van der Waals surface area contributed by atoms with Gasteiger partial charge in [0.25, 0.3) is 0 Å². The average Bonchev–Trinajstić information content (AvgIpc) is 2.89. The molecule has 2 atom stereocenters. The molecule has 0 fully saturated rings. The molecule has 0 aliphatic rings. The summed E-state index contributed by atoms with van der Waals surface area (Å²) >= 11 is 1.50. The molecular weight excluding hydrogens is 276 g/mol. The number of thiophene rings is 1. The average molecular weight is 298 g/mol. The maximum absolute atomic E-state index is 11.9. The fraction of sp³-hybridized carbons (Fsp3) is 0.571. The van der Waals surface area contributed by atoms with E-state index < -0.39 is 6.10 Å². The number of nitrogens with one attached hydrogen (secondary N) is 2. The van der Waals surface area contributed by atoms with E-state index in [0.29, 0.717) is 6.42 Å². The van der Waals surface area contributed by atoms with Crippen molar-refractivity contribution in [1.29, 1.82) is 0 Å². The Morgan fingerprint density at radius 2 is 2.20 bits per heavy atom. The summed E-state index contributed by atoms with van der Waals surface area (Å²) in [6.07, 6.45) is 1.21. The quantitative estimate of drug-likeness (QED) is 0.682. The van der Waals surface area contributed by atoms with E-state index in [1.807, 2.05) is 24.4 Å². The zero-order valence-electron chi connectivity index (χ0n) is 11.9. The zero-order valence-corrected chi connectivity index (χ0v) is 12.7. The number of rotatable bonds is 8. The summed E-state index contributed by atoms with van der Waals surface area (Å²) in [5.74, 6) is -0.338. The standard InChI is InChI=1S/C14H22N2O3S/c1-3-5-11(18)9-15-14(19)8-12(16-10(2)17)13-6-4-7-20-13/h4,6-7,11-12,18H,3,5,8-9H2,1-2H3,(H,15,19)(H,16,17). The predicted octanol–water partition coefficient (Wildman–Crippen LogP) is 1.59. The number of hydrogen-bond donors (Lipinski definition) is 3. The lowest BCUT2D eigenvalue weighted by molar-refractivity contribution is -0.123. The third kappa shape index (κ3) is 6.16. The molecule has 1 heterocycles. The first-order valence-electron chi connectivity index (χ1n) is 6.78. The van der Waals surface area contributed by atoms with E-state index in [1.54, 1.807) is 0 Å². The van der Waals surface area contributed by atoms with Crippen LogP contribution in [0.2, 0.25) is 0 Å². The highest BCUT2D eigenvalue weighted by Gasteiger charge is 2.18. The van der Waals surface area contributed by atoms with Gasteiger partial charge >= 0.3 is 0 Å². The van der Waals surface area contributed by atoms with Crippen LogP contribution < -0.4 is 10.6 Å². The van der Waals surface area contributed by atoms with Crippen LogP contribution in [0.5, 0.6) is 0 Å². The fourth-order valence-corrected chi connectivity index (χ4v) is 2.66. The Morgan fingerprint density at radius 1 is 1.45 bits per heavy atom. The second kappa shape index (κ2) is 8.71. The van der Waals surface area contributed by atoms with Crippen molar-refractivity contribution in [2.45, 2.75) is 45.3 Å². The minimum absolute atomic E-state index is 0.165. The second-order valence-electron chi connectivity index (χ2n) is 4.72. The smallest absolute Gasteiger partial charge is 0.222 e. The predicted molar refractivity (Wildman–Crippen MR) is 79.4 cm³/mol. The Labute approximate surface area is 123 Å². The monoisotopic (exact) mass is 298 g/mol. The van der Waals surface area contributed by atoms with Crippen molar-refractivity contribution in [3.05, 3.63) is 22.4 Å². The van der Waals surface area contributed by atoms with Crippen molar-refractivity contribution in [1.82, 2.24) is 10.6 Å². The molecule has 20 heavy (non-hydrogen) atoms. The highest BCUT2D eigenvalue weighted by Crippen LogP contribution is 2.21. The van der Waals surface area contributed by atoms with E-state index in [2.05, 4.69) is 10.6 Å². The molecule has 0 aromatic carbocycles. The van der Waals surface area contributed by atoms with Gasteiger partial charge in [-0.25, -0.2) is 0 Å². The van der Waals surface area contributed by atoms with Crippen LogP contribution in [0.25, 0.3) is 0 Å². The summed E-state index contributed by atoms with van der Waals surface area (Å²) in [5.41, 5.74) is 0. The number of carbonyl (C=O) groups is 2. The van der Waals surface area contributed by atoms with Crippen molar-refractivity contribution in [3.8, 4) is 0 Å². The molecule has 6 heteroatoms. The van der Waals surface area contributed by atoms with Gasteiger partial charge in [-0.3, -0.25) is 9.59 Å². The molecule has 3 N–H and O–H groups in total. The number of amides is 2. The molecule has 2 unspecified atom stereocenters. The topological polar surface area (TPSA) is 78.4 Å². The van der Waals surface area contributed by atoms with Crippen molar-refractivity contribution >= 4 is 23.2 Å². The molecule has 1 aromatic rings. The van der Waals surface area contributed by atoms with Crippen molar-refractivity contribution in [3.63, 3.8) is 0 Å². The lowest BCUT2D eigenvalue weighted by Gasteiger charge is -2.17. The van der Waals surface area contributed by atoms with E-state index >= 15 is 0 Å². The highest BCUT2D eigenvalue weighted by atomic mass is 32.1. The highest BCUT2D eigenvalue weighted by molar-refractivity contribution is 7.10. The van der Waals surface area contributed by atoms with Crippen molar-refractivity contribution in [2.75, 3.05) is 6.54 Å². The summed E-state index contributed by atoms with van der Waals surface area (Å²) in [5, 5.41) is 17.0. The maximum atomic E-state index is 11.9. The number of aliphatic hydroxyl groups is 1. The Balaban J connectivity index is 2.48. The van der Waals surface area contributed by atoms with Gasteiger partial charge in [0.05, 0.1) is 18.6 Å². The van der Waals surface area contributed by atoms with Gasteiger partial charge in [-0.05, 0) is 17.9 Å². The van der Waals surface area contributed by atoms with Gasteiger partial charge in [0, 0.05) is 18.3 Å². The number of aliphatic hydroxyl groups excluding tert-OH is 1. The maximum Gasteiger partial charge on any atom is 0.222 e. The summed E-state index contributed by atoms with van der Waals surface area (Å²) in [6, 6.07) is 3.47. The van der Waals surface area contributed by atoms with Crippen LogP contribution >= 0.6 is 11.3 Å². The molecule has 2 amide bonds. The van der Waals surface area contributed by atoms with Gasteiger partial charge in [-0.1, -0.05) is 19.4 Å². The van der Waals surface area contributed by atoms with Crippen LogP contribution in [0.4, 0.5) is 0 Å². The molecule has 0 bridgehead atoms. The van der Waals surface area contributed by atoms with Crippen molar-refractivity contribution < 1.29 is 14.7 Å². The Bertz CT molecular complexity index is 420. The molecular formula is C14H22N2O3S. The molecule has 1 rings (SSSR count). The SMILES string of the molecule is CCCC(O)CNC(=O)CC(NC(C)=O)c1cccs1. The largest absolute Gasteiger partial charge is 0.391 e. The molecule has 0 radical (unpaired) electrons. The Hall–Kier alpha value is -1.40. The van der Waals surface area contributed by atoms with Crippen LogP contribution in [0.15, 0.2) is 17.5 Å². The lowest BCUT2D eigenvalue weighted by Crippen LogP contribution is -2.35. The van der Waals surface area contributed by atoms with E-state index in [1.165, 1.54) is 18.3 Å². The molecule has 1 aromatic heterocycles. The molecule has 0 aliphatic carbocycles. The summed E-state index contributed by atoms with van der Waals surface area (Å²) in [7, 11) is 0. The van der Waals surface area contributed by atoms with Crippen LogP contribution in [0.1, 0.15) is 44.0 Å². The zero-order chi connectivity index (χ0) is 15.0. The first-order valence-corrected chi connectivity index (χ1v) is 7.66. The van der Waals surface area contributed by atoms with Crippen LogP contribution in [0, 0.1) is 0 Å². The molecule has 0 saturated heterocycles. The summed E-state index contributed by atoms with van der Waals surface area (Å²) in [4.78, 5) is 24.0. The van der Waals surface area contributed by atoms with Gasteiger partial charge in [-0.15, -0.1) is 11.3 Å². The van der Waals surface area contributed by atoms with Crippen molar-refractivity contribution in [2.24, 2.45) is 0 Å². The lowest BCUT2D eigenvalue weighted by atomic mass is 10.1. The van der Waals surface area contributed by atoms with Crippen LogP contribution in [-0.4, -0.2) is 29.6 Å².